The van der Waals surface area contributed by atoms with Crippen LogP contribution < -0.4 is 0 Å². The molecule has 6 aliphatic heterocycles. The molecule has 15 N–H and O–H groups in total. The Labute approximate surface area is 476 Å². The van der Waals surface area contributed by atoms with E-state index in [-0.39, 0.29) is 35.4 Å². The van der Waals surface area contributed by atoms with Gasteiger partial charge in [-0.05, 0) is 105 Å². The van der Waals surface area contributed by atoms with E-state index in [1.807, 2.05) is 6.92 Å². The number of hydrogen-bond acceptors (Lipinski definition) is 26. The van der Waals surface area contributed by atoms with Crippen molar-refractivity contribution >= 4 is 0 Å². The Morgan fingerprint density at radius 1 is 0.610 bits per heavy atom. The molecule has 10 rings (SSSR count). The Kier molecular flexibility index (Phi) is 19.6. The molecule has 6 heterocycles. The maximum Gasteiger partial charge on any atom is 0.187 e. The largest absolute Gasteiger partial charge is 0.494 e. The standard InChI is InChI=1S/C56H90O26/c1-21(19-72-53-48(42(67)39(64)33(17-58)78-53)81-52-45(70)41(66)38(63)32(16-57)77-52)6-9-30-22(2)35-31(76-30)15-28-26-8-7-24-14-25(10-12-55(24,4)27(26)11-13-56(28,35)5)75-54-49(82-51-44(69)40(65)36(61)23(3)74-51)46(71)47(34(18-59)79-54)80-50-43(68)37(62)29(60)20-73-50/h7,21,23,25-29,31-54,57-71H,6,8-20H2,1-5H3/t21-,23+,25+,26+,27+,28+,29-,31+,32-,33-,34-,35+,36+,37+,38-,39-,40-,41+,42+,43-,44-,45-,46+,47-,48-,49-,50+,51+,52+,53-,54-,55+,56+/m1/s1. The molecular formula is C56H90O26. The molecule has 0 aromatic heterocycles. The molecule has 0 unspecified atom stereocenters. The number of hydrogen-bond donors (Lipinski definition) is 15. The second kappa shape index (κ2) is 25.4. The van der Waals surface area contributed by atoms with E-state index >= 15 is 0 Å². The highest BCUT2D eigenvalue weighted by atomic mass is 16.8. The first-order chi connectivity index (χ1) is 38.9. The van der Waals surface area contributed by atoms with Crippen LogP contribution >= 0.6 is 0 Å². The molecule has 33 atom stereocenters. The van der Waals surface area contributed by atoms with Crippen LogP contribution in [0.5, 0.6) is 0 Å². The molecule has 5 saturated heterocycles. The van der Waals surface area contributed by atoms with Gasteiger partial charge in [0.2, 0.25) is 0 Å². The smallest absolute Gasteiger partial charge is 0.187 e. The fourth-order valence-electron chi connectivity index (χ4n) is 15.7. The third-order valence-electron chi connectivity index (χ3n) is 20.6. The predicted octanol–water partition coefficient (Wildman–Crippen LogP) is -3.59. The third-order valence-corrected chi connectivity index (χ3v) is 20.6. The van der Waals surface area contributed by atoms with Crippen LogP contribution in [0.25, 0.3) is 0 Å². The van der Waals surface area contributed by atoms with E-state index in [4.69, 9.17) is 52.1 Å². The van der Waals surface area contributed by atoms with E-state index < -0.39 is 180 Å². The zero-order valence-electron chi connectivity index (χ0n) is 47.1. The average Bonchev–Trinajstić information content (AvgIpc) is 1.68. The van der Waals surface area contributed by atoms with Crippen LogP contribution in [0.3, 0.4) is 0 Å². The number of fused-ring (bicyclic) bond motifs is 7. The lowest BCUT2D eigenvalue weighted by atomic mass is 9.47. The molecule has 0 aromatic rings. The molecular weight excluding hydrogens is 1090 g/mol. The minimum absolute atomic E-state index is 0.000140. The molecule has 0 spiro atoms. The van der Waals surface area contributed by atoms with Gasteiger partial charge in [0, 0.05) is 12.3 Å². The second-order valence-electron chi connectivity index (χ2n) is 25.6. The lowest BCUT2D eigenvalue weighted by Gasteiger charge is -2.58. The Hall–Kier alpha value is -1.72. The summed E-state index contributed by atoms with van der Waals surface area (Å²) in [4.78, 5) is 0. The highest BCUT2D eigenvalue weighted by molar-refractivity contribution is 5.30. The monoisotopic (exact) mass is 1180 g/mol. The Morgan fingerprint density at radius 2 is 1.21 bits per heavy atom. The van der Waals surface area contributed by atoms with Crippen molar-refractivity contribution in [2.24, 2.45) is 40.4 Å². The highest BCUT2D eigenvalue weighted by Gasteiger charge is 2.64. The lowest BCUT2D eigenvalue weighted by Crippen LogP contribution is -2.66. The number of rotatable bonds is 17. The molecule has 470 valence electrons. The number of allylic oxidation sites excluding steroid dienone is 2. The second-order valence-corrected chi connectivity index (χ2v) is 25.6. The summed E-state index contributed by atoms with van der Waals surface area (Å²) in [5.74, 6) is 2.36. The molecule has 0 aromatic carbocycles. The number of ether oxygens (including phenoxy) is 11. The van der Waals surface area contributed by atoms with Crippen LogP contribution in [0.2, 0.25) is 0 Å². The van der Waals surface area contributed by atoms with Crippen molar-refractivity contribution in [3.63, 3.8) is 0 Å². The van der Waals surface area contributed by atoms with Gasteiger partial charge in [0.25, 0.3) is 0 Å². The molecule has 26 heteroatoms. The number of aliphatic hydroxyl groups excluding tert-OH is 15. The summed E-state index contributed by atoms with van der Waals surface area (Å²) in [6.07, 6.45) is -27.4. The van der Waals surface area contributed by atoms with Gasteiger partial charge < -0.3 is 129 Å². The minimum Gasteiger partial charge on any atom is -0.494 e. The molecule has 82 heavy (non-hydrogen) atoms. The fraction of sp³-hybridized carbons (Fsp3) is 0.929. The Balaban J connectivity index is 0.770. The maximum absolute atomic E-state index is 12.0. The summed E-state index contributed by atoms with van der Waals surface area (Å²) in [7, 11) is 0. The minimum atomic E-state index is -1.78. The highest BCUT2D eigenvalue weighted by Crippen LogP contribution is 2.69. The Bertz CT molecular complexity index is 2210. The van der Waals surface area contributed by atoms with Crippen molar-refractivity contribution in [1.29, 1.82) is 0 Å². The van der Waals surface area contributed by atoms with Crippen LogP contribution in [-0.2, 0) is 52.1 Å². The van der Waals surface area contributed by atoms with Gasteiger partial charge in [-0.3, -0.25) is 0 Å². The van der Waals surface area contributed by atoms with Crippen LogP contribution in [0.1, 0.15) is 92.4 Å². The quantitative estimate of drug-likeness (QED) is 0.0626. The van der Waals surface area contributed by atoms with Crippen LogP contribution in [0.15, 0.2) is 23.0 Å². The molecule has 26 nitrogen and oxygen atoms in total. The van der Waals surface area contributed by atoms with Crippen molar-refractivity contribution in [2.45, 2.75) is 252 Å². The van der Waals surface area contributed by atoms with E-state index in [2.05, 4.69) is 26.8 Å². The zero-order valence-corrected chi connectivity index (χ0v) is 47.1. The molecule has 8 fully saturated rings. The van der Waals surface area contributed by atoms with Gasteiger partial charge in [-0.1, -0.05) is 32.4 Å². The molecule has 10 aliphatic rings. The first-order valence-electron chi connectivity index (χ1n) is 29.5. The van der Waals surface area contributed by atoms with Crippen molar-refractivity contribution in [2.75, 3.05) is 33.0 Å². The Morgan fingerprint density at radius 3 is 1.89 bits per heavy atom. The molecule has 3 saturated carbocycles. The summed E-state index contributed by atoms with van der Waals surface area (Å²) in [6.45, 7) is 8.13. The summed E-state index contributed by atoms with van der Waals surface area (Å²) >= 11 is 0. The van der Waals surface area contributed by atoms with Gasteiger partial charge in [-0.2, -0.15) is 0 Å². The molecule has 0 amide bonds. The van der Waals surface area contributed by atoms with Crippen molar-refractivity contribution < 1.29 is 129 Å². The summed E-state index contributed by atoms with van der Waals surface area (Å²) in [5, 5.41) is 158. The summed E-state index contributed by atoms with van der Waals surface area (Å²) in [5.41, 5.74) is 2.39. The van der Waals surface area contributed by atoms with Crippen molar-refractivity contribution in [3.05, 3.63) is 23.0 Å². The number of aliphatic hydroxyl groups is 15. The van der Waals surface area contributed by atoms with Crippen molar-refractivity contribution in [3.8, 4) is 0 Å². The van der Waals surface area contributed by atoms with E-state index in [0.29, 0.717) is 43.4 Å². The lowest BCUT2D eigenvalue weighted by molar-refractivity contribution is -0.385. The van der Waals surface area contributed by atoms with Crippen LogP contribution in [-0.4, -0.2) is 269 Å². The van der Waals surface area contributed by atoms with Crippen LogP contribution in [0, 0.1) is 40.4 Å². The average molecular weight is 1180 g/mol. The SMILES string of the molecule is CC1=C(CC[C@@H](C)CO[C@@H]2O[C@H](CO)[C@@H](O)[C@H](O)[C@H]2O[C@@H]2O[C@H](CO)[C@@H](O)[C@H](O)[C@H]2O)O[C@H]2C[C@H]3[C@H]4CC=C5C[C@@H](O[C@@H]6O[C@H](CO)[C@@H](O[C@@H]7OC[C@@H](O)[C@H](O)[C@H]7O)[C@H](O)[C@H]6O[C@@H]6O[C@@H](C)[C@H](O)[C@@H](O)[C@H]6O)CC[C@]5(C)[C@H]4CC[C@]3(C)[C@@H]12. The van der Waals surface area contributed by atoms with Gasteiger partial charge in [-0.15, -0.1) is 0 Å². The van der Waals surface area contributed by atoms with Crippen LogP contribution in [0.4, 0.5) is 0 Å². The topological polar surface area (TPSA) is 405 Å². The first kappa shape index (κ1) is 63.3. The normalized spacial score (nSPS) is 52.7. The van der Waals surface area contributed by atoms with E-state index in [0.717, 1.165) is 37.9 Å². The van der Waals surface area contributed by atoms with E-state index in [1.54, 1.807) is 0 Å². The van der Waals surface area contributed by atoms with Gasteiger partial charge in [0.15, 0.2) is 31.5 Å². The molecule has 0 bridgehead atoms. The van der Waals surface area contributed by atoms with Crippen molar-refractivity contribution in [1.82, 2.24) is 0 Å². The van der Waals surface area contributed by atoms with E-state index in [9.17, 15) is 76.6 Å². The maximum atomic E-state index is 12.0. The predicted molar refractivity (Wildman–Crippen MR) is 275 cm³/mol. The first-order valence-corrected chi connectivity index (χ1v) is 29.5. The molecule has 4 aliphatic carbocycles. The van der Waals surface area contributed by atoms with Gasteiger partial charge in [0.1, 0.15) is 116 Å². The fourth-order valence-corrected chi connectivity index (χ4v) is 15.7. The third kappa shape index (κ3) is 11.7. The van der Waals surface area contributed by atoms with Gasteiger partial charge in [-0.25, -0.2) is 0 Å². The van der Waals surface area contributed by atoms with Gasteiger partial charge in [0.05, 0.1) is 51.0 Å². The summed E-state index contributed by atoms with van der Waals surface area (Å²) < 4.78 is 66.5. The molecule has 0 radical (unpaired) electrons. The van der Waals surface area contributed by atoms with E-state index in [1.165, 1.54) is 18.1 Å². The summed E-state index contributed by atoms with van der Waals surface area (Å²) in [6, 6.07) is 0. The zero-order chi connectivity index (χ0) is 59.0. The van der Waals surface area contributed by atoms with Gasteiger partial charge >= 0.3 is 0 Å².